The van der Waals surface area contributed by atoms with Crippen LogP contribution in [0.15, 0.2) is 40.9 Å². The van der Waals surface area contributed by atoms with Crippen molar-refractivity contribution in [2.24, 2.45) is 0 Å². The lowest BCUT2D eigenvalue weighted by Crippen LogP contribution is -2.27. The molecule has 0 aliphatic heterocycles. The smallest absolute Gasteiger partial charge is 0.281 e. The van der Waals surface area contributed by atoms with Gasteiger partial charge in [0.1, 0.15) is 5.75 Å². The third-order valence-electron chi connectivity index (χ3n) is 2.36. The quantitative estimate of drug-likeness (QED) is 0.883. The van der Waals surface area contributed by atoms with Gasteiger partial charge in [-0.2, -0.15) is 0 Å². The van der Waals surface area contributed by atoms with Crippen LogP contribution in [0, 0.1) is 0 Å². The Kier molecular flexibility index (Phi) is 4.17. The number of hydrogen-bond donors (Lipinski definition) is 1. The summed E-state index contributed by atoms with van der Waals surface area (Å²) in [4.78, 5) is 15.6. The fourth-order valence-electron chi connectivity index (χ4n) is 1.58. The van der Waals surface area contributed by atoms with Gasteiger partial charge in [-0.15, -0.1) is 0 Å². The molecule has 0 saturated heterocycles. The second-order valence-electron chi connectivity index (χ2n) is 3.67. The molecule has 18 heavy (non-hydrogen) atoms. The van der Waals surface area contributed by atoms with Gasteiger partial charge in [-0.05, 0) is 35.0 Å². The highest BCUT2D eigenvalue weighted by Crippen LogP contribution is 2.23. The molecule has 5 heteroatoms. The van der Waals surface area contributed by atoms with Gasteiger partial charge < -0.3 is 4.74 Å². The Morgan fingerprint density at radius 1 is 1.22 bits per heavy atom. The number of carbonyl (C=O) groups excluding carboxylic acids is 1. The van der Waals surface area contributed by atoms with Gasteiger partial charge in [0.05, 0.1) is 7.11 Å². The Bertz CT molecular complexity index is 571. The topological polar surface area (TPSA) is 47.6 Å². The van der Waals surface area contributed by atoms with Crippen molar-refractivity contribution < 1.29 is 14.4 Å². The van der Waals surface area contributed by atoms with Crippen LogP contribution in [0.25, 0.3) is 10.8 Å². The molecule has 0 bridgehead atoms. The number of amides is 1. The molecule has 0 aliphatic carbocycles. The van der Waals surface area contributed by atoms with Crippen LogP contribution >= 0.6 is 15.9 Å². The predicted octanol–water partition coefficient (Wildman–Crippen LogP) is 2.66. The maximum absolute atomic E-state index is 11.2. The highest BCUT2D eigenvalue weighted by molar-refractivity contribution is 9.10. The minimum absolute atomic E-state index is 0.0735. The third-order valence-corrected chi connectivity index (χ3v) is 2.85. The van der Waals surface area contributed by atoms with Crippen LogP contribution in [0.3, 0.4) is 0 Å². The summed E-state index contributed by atoms with van der Waals surface area (Å²) in [6, 6.07) is 11.6. The number of rotatable bonds is 4. The van der Waals surface area contributed by atoms with Gasteiger partial charge in [-0.3, -0.25) is 9.63 Å². The molecule has 1 N–H and O–H groups in total. The Labute approximate surface area is 113 Å². The maximum atomic E-state index is 11.2. The second-order valence-corrected chi connectivity index (χ2v) is 4.59. The standard InChI is InChI=1S/C13H12BrNO3/c1-17-15-13(16)8-18-12-5-3-9-6-11(14)4-2-10(9)7-12/h2-7H,8H2,1H3,(H,15,16). The summed E-state index contributed by atoms with van der Waals surface area (Å²) in [6.07, 6.45) is 0. The average molecular weight is 310 g/mol. The highest BCUT2D eigenvalue weighted by Gasteiger charge is 2.03. The largest absolute Gasteiger partial charge is 0.484 e. The van der Waals surface area contributed by atoms with Gasteiger partial charge in [0.2, 0.25) is 0 Å². The number of ether oxygens (including phenoxy) is 1. The molecule has 0 fully saturated rings. The molecule has 0 atom stereocenters. The van der Waals surface area contributed by atoms with E-state index < -0.39 is 0 Å². The van der Waals surface area contributed by atoms with Crippen molar-refractivity contribution in [1.29, 1.82) is 0 Å². The Hall–Kier alpha value is -1.59. The lowest BCUT2D eigenvalue weighted by Gasteiger charge is -2.07. The monoisotopic (exact) mass is 309 g/mol. The first-order valence-corrected chi connectivity index (χ1v) is 6.12. The van der Waals surface area contributed by atoms with E-state index in [0.717, 1.165) is 15.2 Å². The lowest BCUT2D eigenvalue weighted by atomic mass is 10.1. The zero-order valence-corrected chi connectivity index (χ0v) is 11.4. The van der Waals surface area contributed by atoms with Crippen molar-refractivity contribution in [2.75, 3.05) is 13.7 Å². The van der Waals surface area contributed by atoms with E-state index >= 15 is 0 Å². The SMILES string of the molecule is CONC(=O)COc1ccc2cc(Br)ccc2c1. The predicted molar refractivity (Wildman–Crippen MR) is 72.3 cm³/mol. The molecular formula is C13H12BrNO3. The van der Waals surface area contributed by atoms with Crippen LogP contribution in [0.2, 0.25) is 0 Å². The molecule has 0 aromatic heterocycles. The lowest BCUT2D eigenvalue weighted by molar-refractivity contribution is -0.133. The van der Waals surface area contributed by atoms with E-state index in [1.807, 2.05) is 36.4 Å². The third kappa shape index (κ3) is 3.21. The molecule has 0 aliphatic rings. The molecule has 1 amide bonds. The Balaban J connectivity index is 2.10. The molecule has 2 aromatic carbocycles. The fraction of sp³-hybridized carbons (Fsp3) is 0.154. The van der Waals surface area contributed by atoms with E-state index in [-0.39, 0.29) is 12.5 Å². The number of carbonyl (C=O) groups is 1. The number of benzene rings is 2. The molecule has 94 valence electrons. The summed E-state index contributed by atoms with van der Waals surface area (Å²) in [6.45, 7) is -0.0735. The van der Waals surface area contributed by atoms with Crippen LogP contribution in [-0.2, 0) is 9.63 Å². The minimum Gasteiger partial charge on any atom is -0.484 e. The number of halogens is 1. The molecule has 0 radical (unpaired) electrons. The molecular weight excluding hydrogens is 298 g/mol. The number of hydrogen-bond acceptors (Lipinski definition) is 3. The highest BCUT2D eigenvalue weighted by atomic mass is 79.9. The Morgan fingerprint density at radius 2 is 1.94 bits per heavy atom. The minimum atomic E-state index is -0.326. The fourth-order valence-corrected chi connectivity index (χ4v) is 1.96. The van der Waals surface area contributed by atoms with Gasteiger partial charge in [0, 0.05) is 4.47 Å². The molecule has 2 aromatic rings. The van der Waals surface area contributed by atoms with E-state index in [1.54, 1.807) is 0 Å². The molecule has 0 saturated carbocycles. The maximum Gasteiger partial charge on any atom is 0.281 e. The first kappa shape index (κ1) is 12.9. The van der Waals surface area contributed by atoms with Gasteiger partial charge in [-0.1, -0.05) is 28.1 Å². The number of fused-ring (bicyclic) bond motifs is 1. The van der Waals surface area contributed by atoms with E-state index in [4.69, 9.17) is 4.74 Å². The number of nitrogens with one attached hydrogen (secondary N) is 1. The van der Waals surface area contributed by atoms with Gasteiger partial charge in [0.15, 0.2) is 6.61 Å². The van der Waals surface area contributed by atoms with Crippen molar-refractivity contribution >= 4 is 32.6 Å². The molecule has 4 nitrogen and oxygen atoms in total. The van der Waals surface area contributed by atoms with E-state index in [1.165, 1.54) is 7.11 Å². The van der Waals surface area contributed by atoms with Crippen LogP contribution in [0.1, 0.15) is 0 Å². The van der Waals surface area contributed by atoms with Crippen molar-refractivity contribution in [3.63, 3.8) is 0 Å². The summed E-state index contributed by atoms with van der Waals surface area (Å²) in [5.74, 6) is 0.324. The summed E-state index contributed by atoms with van der Waals surface area (Å²) in [5.41, 5.74) is 2.19. The second kappa shape index (κ2) is 5.84. The van der Waals surface area contributed by atoms with Crippen LogP contribution in [0.4, 0.5) is 0 Å². The molecule has 0 heterocycles. The average Bonchev–Trinajstić information content (AvgIpc) is 2.36. The van der Waals surface area contributed by atoms with Crippen molar-refractivity contribution in [2.45, 2.75) is 0 Å². The van der Waals surface area contributed by atoms with E-state index in [9.17, 15) is 4.79 Å². The van der Waals surface area contributed by atoms with Crippen molar-refractivity contribution in [3.05, 3.63) is 40.9 Å². The summed E-state index contributed by atoms with van der Waals surface area (Å²) in [7, 11) is 1.38. The van der Waals surface area contributed by atoms with Crippen LogP contribution < -0.4 is 10.2 Å². The van der Waals surface area contributed by atoms with E-state index in [0.29, 0.717) is 5.75 Å². The molecule has 0 unspecified atom stereocenters. The van der Waals surface area contributed by atoms with Crippen LogP contribution in [0.5, 0.6) is 5.75 Å². The van der Waals surface area contributed by atoms with Gasteiger partial charge in [-0.25, -0.2) is 5.48 Å². The van der Waals surface area contributed by atoms with Gasteiger partial charge in [0.25, 0.3) is 5.91 Å². The van der Waals surface area contributed by atoms with Crippen molar-refractivity contribution in [1.82, 2.24) is 5.48 Å². The number of hydroxylamine groups is 1. The molecule has 0 spiro atoms. The first-order chi connectivity index (χ1) is 8.69. The first-order valence-electron chi connectivity index (χ1n) is 5.33. The summed E-state index contributed by atoms with van der Waals surface area (Å²) in [5, 5.41) is 2.17. The van der Waals surface area contributed by atoms with Gasteiger partial charge >= 0.3 is 0 Å². The Morgan fingerprint density at radius 3 is 2.72 bits per heavy atom. The zero-order valence-electron chi connectivity index (χ0n) is 9.77. The van der Waals surface area contributed by atoms with Crippen molar-refractivity contribution in [3.8, 4) is 5.75 Å². The summed E-state index contributed by atoms with van der Waals surface area (Å²) < 4.78 is 6.39. The van der Waals surface area contributed by atoms with Crippen LogP contribution in [-0.4, -0.2) is 19.6 Å². The summed E-state index contributed by atoms with van der Waals surface area (Å²) >= 11 is 3.42. The molecule has 2 rings (SSSR count). The van der Waals surface area contributed by atoms with E-state index in [2.05, 4.69) is 26.2 Å². The zero-order chi connectivity index (χ0) is 13.0. The normalized spacial score (nSPS) is 10.3.